The average Bonchev–Trinajstić information content (AvgIpc) is 2.38. The highest BCUT2D eigenvalue weighted by Gasteiger charge is 2.07. The lowest BCUT2D eigenvalue weighted by Gasteiger charge is -2.06. The van der Waals surface area contributed by atoms with Gasteiger partial charge in [-0.05, 0) is 36.2 Å². The number of nitrogens with zero attached hydrogens (tertiary/aromatic N) is 2. The highest BCUT2D eigenvalue weighted by molar-refractivity contribution is 5.95. The second-order valence-electron chi connectivity index (χ2n) is 3.73. The highest BCUT2D eigenvalue weighted by atomic mass is 16.1. The van der Waals surface area contributed by atoms with Crippen LogP contribution in [0.1, 0.15) is 21.5 Å². The molecule has 0 bridgehead atoms. The van der Waals surface area contributed by atoms with Crippen LogP contribution in [0.2, 0.25) is 0 Å². The number of pyridine rings is 2. The Labute approximate surface area is 99.7 Å². The quantitative estimate of drug-likeness (QED) is 0.868. The largest absolute Gasteiger partial charge is 0.348 e. The number of rotatable bonds is 3. The summed E-state index contributed by atoms with van der Waals surface area (Å²) in [6.07, 6.45) is 6.72. The lowest BCUT2D eigenvalue weighted by molar-refractivity contribution is 0.0950. The number of hydrogen-bond acceptors (Lipinski definition) is 3. The first-order valence-corrected chi connectivity index (χ1v) is 5.35. The van der Waals surface area contributed by atoms with Crippen molar-refractivity contribution in [1.82, 2.24) is 15.3 Å². The third-order valence-electron chi connectivity index (χ3n) is 2.47. The van der Waals surface area contributed by atoms with Gasteiger partial charge < -0.3 is 5.32 Å². The molecule has 4 heteroatoms. The van der Waals surface area contributed by atoms with Gasteiger partial charge in [-0.15, -0.1) is 0 Å². The van der Waals surface area contributed by atoms with Crippen LogP contribution in [0, 0.1) is 6.92 Å². The summed E-state index contributed by atoms with van der Waals surface area (Å²) in [5, 5.41) is 2.86. The van der Waals surface area contributed by atoms with Gasteiger partial charge in [0.25, 0.3) is 5.91 Å². The Hall–Kier alpha value is -2.23. The Balaban J connectivity index is 2.01. The normalized spacial score (nSPS) is 9.94. The Morgan fingerprint density at radius 3 is 2.59 bits per heavy atom. The van der Waals surface area contributed by atoms with Crippen molar-refractivity contribution in [2.24, 2.45) is 0 Å². The van der Waals surface area contributed by atoms with E-state index < -0.39 is 0 Å². The molecule has 0 aliphatic rings. The van der Waals surface area contributed by atoms with E-state index in [1.165, 1.54) is 0 Å². The second kappa shape index (κ2) is 5.21. The molecule has 1 N–H and O–H groups in total. The van der Waals surface area contributed by atoms with E-state index in [-0.39, 0.29) is 5.91 Å². The standard InChI is InChI=1S/C13H13N3O/c1-10-8-15-7-4-12(10)13(17)16-9-11-2-5-14-6-3-11/h2-8H,9H2,1H3,(H,16,17). The summed E-state index contributed by atoms with van der Waals surface area (Å²) in [6, 6.07) is 5.47. The molecule has 2 aromatic rings. The van der Waals surface area contributed by atoms with Crippen molar-refractivity contribution < 1.29 is 4.79 Å². The van der Waals surface area contributed by atoms with Gasteiger partial charge in [-0.2, -0.15) is 0 Å². The van der Waals surface area contributed by atoms with Gasteiger partial charge in [0.15, 0.2) is 0 Å². The fourth-order valence-electron chi connectivity index (χ4n) is 1.51. The molecule has 1 amide bonds. The van der Waals surface area contributed by atoms with Crippen molar-refractivity contribution in [3.05, 3.63) is 59.7 Å². The van der Waals surface area contributed by atoms with Crippen molar-refractivity contribution in [3.8, 4) is 0 Å². The number of carbonyl (C=O) groups excluding carboxylic acids is 1. The predicted octanol–water partition coefficient (Wildman–Crippen LogP) is 1.72. The van der Waals surface area contributed by atoms with Crippen LogP contribution in [0.15, 0.2) is 43.0 Å². The summed E-state index contributed by atoms with van der Waals surface area (Å²) in [7, 11) is 0. The van der Waals surface area contributed by atoms with Crippen LogP contribution >= 0.6 is 0 Å². The van der Waals surface area contributed by atoms with Crippen LogP contribution in [-0.4, -0.2) is 15.9 Å². The monoisotopic (exact) mass is 227 g/mol. The molecule has 0 unspecified atom stereocenters. The third kappa shape index (κ3) is 2.87. The van der Waals surface area contributed by atoms with Crippen LogP contribution in [0.5, 0.6) is 0 Å². The molecule has 0 saturated heterocycles. The lowest BCUT2D eigenvalue weighted by Crippen LogP contribution is -2.23. The van der Waals surface area contributed by atoms with E-state index in [0.29, 0.717) is 12.1 Å². The smallest absolute Gasteiger partial charge is 0.251 e. The molecule has 0 radical (unpaired) electrons. The Morgan fingerprint density at radius 1 is 1.18 bits per heavy atom. The van der Waals surface area contributed by atoms with E-state index in [1.807, 2.05) is 19.1 Å². The summed E-state index contributed by atoms with van der Waals surface area (Å²) < 4.78 is 0. The highest BCUT2D eigenvalue weighted by Crippen LogP contribution is 2.05. The van der Waals surface area contributed by atoms with Gasteiger partial charge in [0, 0.05) is 36.9 Å². The summed E-state index contributed by atoms with van der Waals surface area (Å²) >= 11 is 0. The van der Waals surface area contributed by atoms with E-state index >= 15 is 0 Å². The molecular weight excluding hydrogens is 214 g/mol. The third-order valence-corrected chi connectivity index (χ3v) is 2.47. The van der Waals surface area contributed by atoms with E-state index in [0.717, 1.165) is 11.1 Å². The van der Waals surface area contributed by atoms with Gasteiger partial charge >= 0.3 is 0 Å². The number of aryl methyl sites for hydroxylation is 1. The predicted molar refractivity (Wildman–Crippen MR) is 64.4 cm³/mol. The van der Waals surface area contributed by atoms with Gasteiger partial charge in [-0.3, -0.25) is 14.8 Å². The summed E-state index contributed by atoms with van der Waals surface area (Å²) in [4.78, 5) is 19.8. The number of carbonyl (C=O) groups is 1. The zero-order valence-corrected chi connectivity index (χ0v) is 9.55. The fraction of sp³-hybridized carbons (Fsp3) is 0.154. The molecular formula is C13H13N3O. The first-order chi connectivity index (χ1) is 8.27. The number of aromatic nitrogens is 2. The first kappa shape index (κ1) is 11.3. The topological polar surface area (TPSA) is 54.9 Å². The molecule has 2 rings (SSSR count). The van der Waals surface area contributed by atoms with Crippen LogP contribution in [-0.2, 0) is 6.54 Å². The van der Waals surface area contributed by atoms with Crippen LogP contribution in [0.3, 0.4) is 0 Å². The molecule has 2 heterocycles. The Bertz CT molecular complexity index is 511. The van der Waals surface area contributed by atoms with Gasteiger partial charge in [0.2, 0.25) is 0 Å². The van der Waals surface area contributed by atoms with Crippen molar-refractivity contribution in [2.45, 2.75) is 13.5 Å². The summed E-state index contributed by atoms with van der Waals surface area (Å²) in [5.41, 5.74) is 2.56. The van der Waals surface area contributed by atoms with Crippen LogP contribution < -0.4 is 5.32 Å². The minimum atomic E-state index is -0.0817. The number of hydrogen-bond donors (Lipinski definition) is 1. The van der Waals surface area contributed by atoms with Gasteiger partial charge in [0.1, 0.15) is 0 Å². The first-order valence-electron chi connectivity index (χ1n) is 5.35. The molecule has 0 atom stereocenters. The molecule has 4 nitrogen and oxygen atoms in total. The molecule has 2 aromatic heterocycles. The second-order valence-corrected chi connectivity index (χ2v) is 3.73. The Morgan fingerprint density at radius 2 is 1.88 bits per heavy atom. The van der Waals surface area contributed by atoms with E-state index in [9.17, 15) is 4.79 Å². The molecule has 17 heavy (non-hydrogen) atoms. The molecule has 0 aromatic carbocycles. The zero-order chi connectivity index (χ0) is 12.1. The van der Waals surface area contributed by atoms with Crippen LogP contribution in [0.25, 0.3) is 0 Å². The molecule has 0 saturated carbocycles. The number of nitrogens with one attached hydrogen (secondary N) is 1. The summed E-state index contributed by atoms with van der Waals surface area (Å²) in [6.45, 7) is 2.37. The van der Waals surface area contributed by atoms with Gasteiger partial charge in [0.05, 0.1) is 0 Å². The summed E-state index contributed by atoms with van der Waals surface area (Å²) in [5.74, 6) is -0.0817. The Kier molecular flexibility index (Phi) is 3.45. The zero-order valence-electron chi connectivity index (χ0n) is 9.55. The van der Waals surface area contributed by atoms with Crippen molar-refractivity contribution in [2.75, 3.05) is 0 Å². The van der Waals surface area contributed by atoms with E-state index in [4.69, 9.17) is 0 Å². The molecule has 86 valence electrons. The average molecular weight is 227 g/mol. The SMILES string of the molecule is Cc1cnccc1C(=O)NCc1ccncc1. The van der Waals surface area contributed by atoms with Crippen molar-refractivity contribution in [1.29, 1.82) is 0 Å². The lowest BCUT2D eigenvalue weighted by atomic mass is 10.1. The van der Waals surface area contributed by atoms with E-state index in [1.54, 1.807) is 30.9 Å². The molecule has 0 aliphatic carbocycles. The maximum Gasteiger partial charge on any atom is 0.251 e. The maximum atomic E-state index is 11.9. The van der Waals surface area contributed by atoms with Crippen molar-refractivity contribution in [3.63, 3.8) is 0 Å². The fourth-order valence-corrected chi connectivity index (χ4v) is 1.51. The molecule has 0 fully saturated rings. The van der Waals surface area contributed by atoms with Gasteiger partial charge in [-0.25, -0.2) is 0 Å². The van der Waals surface area contributed by atoms with Crippen LogP contribution in [0.4, 0.5) is 0 Å². The minimum Gasteiger partial charge on any atom is -0.348 e. The van der Waals surface area contributed by atoms with Gasteiger partial charge in [-0.1, -0.05) is 0 Å². The van der Waals surface area contributed by atoms with Crippen molar-refractivity contribution >= 4 is 5.91 Å². The minimum absolute atomic E-state index is 0.0817. The maximum absolute atomic E-state index is 11.9. The molecule has 0 spiro atoms. The number of amides is 1. The van der Waals surface area contributed by atoms with E-state index in [2.05, 4.69) is 15.3 Å². The molecule has 0 aliphatic heterocycles.